The van der Waals surface area contributed by atoms with Crippen LogP contribution in [0.2, 0.25) is 0 Å². The van der Waals surface area contributed by atoms with E-state index in [9.17, 15) is 4.79 Å². The maximum absolute atomic E-state index is 11.8. The molecular formula is C12H23ClN4O. The quantitative estimate of drug-likeness (QED) is 0.869. The largest absolute Gasteiger partial charge is 0.348 e. The van der Waals surface area contributed by atoms with Gasteiger partial charge in [0.05, 0.1) is 18.3 Å². The fourth-order valence-electron chi connectivity index (χ4n) is 1.63. The van der Waals surface area contributed by atoms with Crippen LogP contribution in [0.3, 0.4) is 0 Å². The van der Waals surface area contributed by atoms with Crippen LogP contribution in [0.1, 0.15) is 38.1 Å². The molecule has 0 aromatic carbocycles. The first-order valence-electron chi connectivity index (χ1n) is 5.89. The summed E-state index contributed by atoms with van der Waals surface area (Å²) < 4.78 is 1.79. The molecule has 2 unspecified atom stereocenters. The van der Waals surface area contributed by atoms with Crippen LogP contribution in [0.4, 0.5) is 0 Å². The summed E-state index contributed by atoms with van der Waals surface area (Å²) in [6.07, 6.45) is 1.78. The molecule has 1 heterocycles. The number of amides is 1. The molecule has 18 heavy (non-hydrogen) atoms. The van der Waals surface area contributed by atoms with Gasteiger partial charge < -0.3 is 11.1 Å². The molecule has 0 saturated heterocycles. The van der Waals surface area contributed by atoms with Gasteiger partial charge in [-0.3, -0.25) is 9.48 Å². The lowest BCUT2D eigenvalue weighted by molar-refractivity contribution is -0.123. The monoisotopic (exact) mass is 274 g/mol. The standard InChI is InChI=1S/C12H22N4O.ClH/c1-7(2)11(13)12(17)15-8(3)10-6-14-16(5)9(10)4;/h6-8,11H,13H2,1-5H3,(H,15,17);1H. The summed E-state index contributed by atoms with van der Waals surface area (Å²) >= 11 is 0. The van der Waals surface area contributed by atoms with Crippen LogP contribution in [-0.4, -0.2) is 21.7 Å². The van der Waals surface area contributed by atoms with Crippen molar-refractivity contribution in [2.75, 3.05) is 0 Å². The second-order valence-corrected chi connectivity index (χ2v) is 4.81. The third kappa shape index (κ3) is 3.71. The van der Waals surface area contributed by atoms with Crippen LogP contribution in [0.25, 0.3) is 0 Å². The zero-order valence-electron chi connectivity index (χ0n) is 11.6. The first kappa shape index (κ1) is 16.9. The Labute approximate surface area is 115 Å². The van der Waals surface area contributed by atoms with Crippen molar-refractivity contribution in [3.05, 3.63) is 17.5 Å². The lowest BCUT2D eigenvalue weighted by Crippen LogP contribution is -2.44. The summed E-state index contributed by atoms with van der Waals surface area (Å²) in [6, 6.07) is -0.532. The van der Waals surface area contributed by atoms with E-state index < -0.39 is 6.04 Å². The van der Waals surface area contributed by atoms with Crippen LogP contribution in [0, 0.1) is 12.8 Å². The highest BCUT2D eigenvalue weighted by Gasteiger charge is 2.20. The summed E-state index contributed by atoms with van der Waals surface area (Å²) in [6.45, 7) is 7.79. The molecule has 0 saturated carbocycles. The Hall–Kier alpha value is -1.07. The Kier molecular flexibility index (Phi) is 6.35. The molecular weight excluding hydrogens is 252 g/mol. The first-order valence-corrected chi connectivity index (χ1v) is 5.89. The molecule has 6 heteroatoms. The van der Waals surface area contributed by atoms with Gasteiger partial charge in [-0.25, -0.2) is 0 Å². The summed E-state index contributed by atoms with van der Waals surface area (Å²) in [5, 5.41) is 7.07. The molecule has 0 aliphatic heterocycles. The zero-order chi connectivity index (χ0) is 13.2. The highest BCUT2D eigenvalue weighted by atomic mass is 35.5. The molecule has 0 aliphatic carbocycles. The zero-order valence-corrected chi connectivity index (χ0v) is 12.4. The fraction of sp³-hybridized carbons (Fsp3) is 0.667. The maximum Gasteiger partial charge on any atom is 0.237 e. The molecule has 0 bridgehead atoms. The van der Waals surface area contributed by atoms with E-state index in [1.807, 2.05) is 34.7 Å². The smallest absolute Gasteiger partial charge is 0.237 e. The fourth-order valence-corrected chi connectivity index (χ4v) is 1.63. The summed E-state index contributed by atoms with van der Waals surface area (Å²) in [5.41, 5.74) is 7.87. The van der Waals surface area contributed by atoms with Crippen molar-refractivity contribution in [2.24, 2.45) is 18.7 Å². The molecule has 0 fully saturated rings. The van der Waals surface area contributed by atoms with Crippen LogP contribution < -0.4 is 11.1 Å². The average Bonchev–Trinajstić information content (AvgIpc) is 2.58. The number of nitrogens with zero attached hydrogens (tertiary/aromatic N) is 2. The van der Waals surface area contributed by atoms with Crippen molar-refractivity contribution in [3.8, 4) is 0 Å². The highest BCUT2D eigenvalue weighted by molar-refractivity contribution is 5.85. The van der Waals surface area contributed by atoms with Gasteiger partial charge in [0.2, 0.25) is 5.91 Å². The van der Waals surface area contributed by atoms with Crippen LogP contribution in [0.5, 0.6) is 0 Å². The van der Waals surface area contributed by atoms with Gasteiger partial charge in [0, 0.05) is 18.3 Å². The second-order valence-electron chi connectivity index (χ2n) is 4.81. The van der Waals surface area contributed by atoms with Crippen molar-refractivity contribution in [1.82, 2.24) is 15.1 Å². The van der Waals surface area contributed by atoms with Crippen LogP contribution >= 0.6 is 12.4 Å². The lowest BCUT2D eigenvalue weighted by atomic mass is 10.0. The van der Waals surface area contributed by atoms with E-state index in [1.165, 1.54) is 0 Å². The molecule has 0 radical (unpaired) electrons. The van der Waals surface area contributed by atoms with Gasteiger partial charge in [0.25, 0.3) is 0 Å². The Morgan fingerprint density at radius 2 is 2.00 bits per heavy atom. The van der Waals surface area contributed by atoms with Gasteiger partial charge in [-0.05, 0) is 19.8 Å². The van der Waals surface area contributed by atoms with Gasteiger partial charge in [0.15, 0.2) is 0 Å². The molecule has 2 atom stereocenters. The van der Waals surface area contributed by atoms with Crippen molar-refractivity contribution in [2.45, 2.75) is 39.8 Å². The molecule has 0 spiro atoms. The summed E-state index contributed by atoms with van der Waals surface area (Å²) in [7, 11) is 1.88. The lowest BCUT2D eigenvalue weighted by Gasteiger charge is -2.19. The van der Waals surface area contributed by atoms with Gasteiger partial charge in [-0.1, -0.05) is 13.8 Å². The number of halogens is 1. The number of carbonyl (C=O) groups is 1. The first-order chi connectivity index (χ1) is 7.84. The number of aryl methyl sites for hydroxylation is 1. The summed E-state index contributed by atoms with van der Waals surface area (Å²) in [4.78, 5) is 11.8. The van der Waals surface area contributed by atoms with Crippen molar-refractivity contribution in [3.63, 3.8) is 0 Å². The minimum Gasteiger partial charge on any atom is -0.348 e. The van der Waals surface area contributed by atoms with E-state index in [2.05, 4.69) is 10.4 Å². The molecule has 1 aromatic rings. The number of nitrogens with two attached hydrogens (primary N) is 1. The van der Waals surface area contributed by atoms with Crippen LogP contribution in [-0.2, 0) is 11.8 Å². The SMILES string of the molecule is Cc1c(C(C)NC(=O)C(N)C(C)C)cnn1C.Cl. The molecule has 1 amide bonds. The van der Waals surface area contributed by atoms with E-state index in [1.54, 1.807) is 10.9 Å². The third-order valence-electron chi connectivity index (χ3n) is 3.12. The Balaban J connectivity index is 0.00000289. The van der Waals surface area contributed by atoms with Gasteiger partial charge in [-0.15, -0.1) is 12.4 Å². The molecule has 1 rings (SSSR count). The molecule has 0 aliphatic rings. The van der Waals surface area contributed by atoms with Gasteiger partial charge in [0.1, 0.15) is 0 Å². The van der Waals surface area contributed by atoms with Crippen LogP contribution in [0.15, 0.2) is 6.20 Å². The van der Waals surface area contributed by atoms with E-state index in [0.29, 0.717) is 0 Å². The van der Waals surface area contributed by atoms with E-state index >= 15 is 0 Å². The second kappa shape index (κ2) is 6.75. The van der Waals surface area contributed by atoms with Gasteiger partial charge in [-0.2, -0.15) is 5.10 Å². The maximum atomic E-state index is 11.8. The minimum atomic E-state index is -0.463. The van der Waals surface area contributed by atoms with E-state index in [0.717, 1.165) is 11.3 Å². The summed E-state index contributed by atoms with van der Waals surface area (Å²) in [5.74, 6) is 0.0212. The third-order valence-corrected chi connectivity index (χ3v) is 3.12. The number of aromatic nitrogens is 2. The van der Waals surface area contributed by atoms with E-state index in [-0.39, 0.29) is 30.3 Å². The average molecular weight is 275 g/mol. The van der Waals surface area contributed by atoms with Gasteiger partial charge >= 0.3 is 0 Å². The number of carbonyl (C=O) groups excluding carboxylic acids is 1. The number of nitrogens with one attached hydrogen (secondary N) is 1. The normalized spacial score (nSPS) is 13.9. The molecule has 3 N–H and O–H groups in total. The molecule has 1 aromatic heterocycles. The Morgan fingerprint density at radius 3 is 2.39 bits per heavy atom. The Bertz CT molecular complexity index is 403. The number of hydrogen-bond donors (Lipinski definition) is 2. The topological polar surface area (TPSA) is 72.9 Å². The minimum absolute atomic E-state index is 0. The van der Waals surface area contributed by atoms with Crippen molar-refractivity contribution in [1.29, 1.82) is 0 Å². The van der Waals surface area contributed by atoms with Crippen molar-refractivity contribution >= 4 is 18.3 Å². The molecule has 5 nitrogen and oxygen atoms in total. The van der Waals surface area contributed by atoms with E-state index in [4.69, 9.17) is 5.73 Å². The number of rotatable bonds is 4. The predicted octanol–water partition coefficient (Wildman–Crippen LogP) is 1.31. The highest BCUT2D eigenvalue weighted by Crippen LogP contribution is 2.16. The van der Waals surface area contributed by atoms with Crippen molar-refractivity contribution < 1.29 is 4.79 Å². The molecule has 104 valence electrons. The number of hydrogen-bond acceptors (Lipinski definition) is 3. The predicted molar refractivity (Wildman–Crippen MR) is 74.6 cm³/mol. The Morgan fingerprint density at radius 1 is 1.44 bits per heavy atom.